The molecule has 0 spiro atoms. The van der Waals surface area contributed by atoms with E-state index < -0.39 is 0 Å². The van der Waals surface area contributed by atoms with Gasteiger partial charge in [0.1, 0.15) is 5.15 Å². The van der Waals surface area contributed by atoms with Gasteiger partial charge >= 0.3 is 0 Å². The number of quaternary nitrogens is 1. The molecule has 0 bridgehead atoms. The minimum absolute atomic E-state index is 0. The molecular weight excluding hydrogens is 420 g/mol. The molecule has 2 aromatic rings. The Morgan fingerprint density at radius 2 is 2.00 bits per heavy atom. The van der Waals surface area contributed by atoms with Crippen molar-refractivity contribution in [3.05, 3.63) is 62.6 Å². The molecule has 136 valence electrons. The molecule has 1 fully saturated rings. The van der Waals surface area contributed by atoms with E-state index in [4.69, 9.17) is 11.6 Å². The lowest BCUT2D eigenvalue weighted by atomic mass is 10.0. The number of pyridine rings is 2. The minimum atomic E-state index is 0. The third kappa shape index (κ3) is 4.81. The number of aromatic nitrogens is 2. The summed E-state index contributed by atoms with van der Waals surface area (Å²) in [5, 5.41) is 11.6. The third-order valence-electron chi connectivity index (χ3n) is 3.98. The zero-order valence-corrected chi connectivity index (χ0v) is 16.2. The molecule has 1 aliphatic heterocycles. The van der Waals surface area contributed by atoms with Crippen molar-refractivity contribution in [2.75, 3.05) is 18.0 Å². The Morgan fingerprint density at radius 1 is 1.23 bits per heavy atom. The van der Waals surface area contributed by atoms with E-state index in [0.717, 1.165) is 42.8 Å². The summed E-state index contributed by atoms with van der Waals surface area (Å²) in [7, 11) is 0. The van der Waals surface area contributed by atoms with E-state index in [2.05, 4.69) is 42.6 Å². The summed E-state index contributed by atoms with van der Waals surface area (Å²) < 4.78 is 0.717. The molecule has 0 unspecified atom stereocenters. The van der Waals surface area contributed by atoms with Crippen LogP contribution in [0.2, 0.25) is 5.15 Å². The standard InChI is InChI=1S/C18H16BrClN4O.H2O/c19-16-14(6-10-21-17(16)20)4-1-3-13-7-11-24(12-8-13)18-15(23-25)5-2-9-22-18;/h2-3,5-6,9-10H,7-8,11-12,23H2;1H2. The molecule has 0 aromatic carbocycles. The average molecular weight is 438 g/mol. The molecule has 4 N–H and O–H groups in total. The fourth-order valence-corrected chi connectivity index (χ4v) is 3.14. The van der Waals surface area contributed by atoms with Crippen LogP contribution in [0, 0.1) is 17.0 Å². The molecule has 0 amide bonds. The van der Waals surface area contributed by atoms with Gasteiger partial charge in [-0.2, -0.15) is 0 Å². The molecular formula is C18H18BrClN4O2. The van der Waals surface area contributed by atoms with Crippen molar-refractivity contribution < 1.29 is 11.0 Å². The number of allylic oxidation sites excluding steroid dienone is 1. The van der Waals surface area contributed by atoms with Crippen LogP contribution >= 0.6 is 27.5 Å². The van der Waals surface area contributed by atoms with E-state index in [0.29, 0.717) is 15.3 Å². The highest BCUT2D eigenvalue weighted by Gasteiger charge is 2.18. The van der Waals surface area contributed by atoms with Gasteiger partial charge in [0, 0.05) is 37.1 Å². The first-order chi connectivity index (χ1) is 12.2. The summed E-state index contributed by atoms with van der Waals surface area (Å²) in [4.78, 5) is 10.5. The molecule has 0 aliphatic carbocycles. The molecule has 6 nitrogen and oxygen atoms in total. The number of rotatable bonds is 2. The second-order valence-electron chi connectivity index (χ2n) is 5.56. The Morgan fingerprint density at radius 3 is 2.73 bits per heavy atom. The van der Waals surface area contributed by atoms with Gasteiger partial charge in [-0.15, -0.1) is 0 Å². The van der Waals surface area contributed by atoms with Crippen LogP contribution in [-0.4, -0.2) is 28.5 Å². The molecule has 8 heteroatoms. The monoisotopic (exact) mass is 436 g/mol. The first kappa shape index (κ1) is 20.4. The van der Waals surface area contributed by atoms with Gasteiger partial charge < -0.3 is 21.1 Å². The van der Waals surface area contributed by atoms with E-state index >= 15 is 0 Å². The molecule has 26 heavy (non-hydrogen) atoms. The molecule has 3 heterocycles. The van der Waals surface area contributed by atoms with Gasteiger partial charge in [-0.3, -0.25) is 0 Å². The number of anilines is 1. The second kappa shape index (κ2) is 9.67. The highest BCUT2D eigenvalue weighted by Crippen LogP contribution is 2.25. The van der Waals surface area contributed by atoms with E-state index in [1.54, 1.807) is 24.5 Å². The predicted molar refractivity (Wildman–Crippen MR) is 106 cm³/mol. The van der Waals surface area contributed by atoms with Gasteiger partial charge in [-0.1, -0.05) is 29.0 Å². The van der Waals surface area contributed by atoms with Crippen molar-refractivity contribution in [2.24, 2.45) is 0 Å². The Bertz CT molecular complexity index is 854. The summed E-state index contributed by atoms with van der Waals surface area (Å²) in [5.74, 6) is 6.95. The minimum Gasteiger partial charge on any atom is -0.630 e. The molecule has 0 atom stereocenters. The Hall–Kier alpha value is -1.95. The van der Waals surface area contributed by atoms with Crippen LogP contribution in [0.1, 0.15) is 18.4 Å². The number of nitrogens with two attached hydrogens (primary N) is 1. The first-order valence-electron chi connectivity index (χ1n) is 7.83. The quantitative estimate of drug-likeness (QED) is 0.443. The topological polar surface area (TPSA) is 100 Å². The Kier molecular flexibility index (Phi) is 7.57. The molecule has 1 saturated heterocycles. The normalized spacial score (nSPS) is 13.5. The van der Waals surface area contributed by atoms with Crippen molar-refractivity contribution in [1.29, 1.82) is 0 Å². The third-order valence-corrected chi connectivity index (χ3v) is 5.30. The highest BCUT2D eigenvalue weighted by atomic mass is 79.9. The van der Waals surface area contributed by atoms with Gasteiger partial charge in [0.25, 0.3) is 0 Å². The summed E-state index contributed by atoms with van der Waals surface area (Å²) in [6.07, 6.45) is 7.14. The number of piperidine rings is 1. The van der Waals surface area contributed by atoms with Gasteiger partial charge in [0.2, 0.25) is 0 Å². The van der Waals surface area contributed by atoms with E-state index in [1.807, 2.05) is 12.1 Å². The lowest BCUT2D eigenvalue weighted by molar-refractivity contribution is -0.496. The number of halogens is 2. The van der Waals surface area contributed by atoms with E-state index in [-0.39, 0.29) is 5.48 Å². The molecule has 0 radical (unpaired) electrons. The first-order valence-corrected chi connectivity index (χ1v) is 9.00. The van der Waals surface area contributed by atoms with Crippen LogP contribution in [0.3, 0.4) is 0 Å². The largest absolute Gasteiger partial charge is 0.630 e. The van der Waals surface area contributed by atoms with Crippen molar-refractivity contribution in [3.8, 4) is 11.8 Å². The Labute approximate surface area is 165 Å². The van der Waals surface area contributed by atoms with Crippen LogP contribution < -0.4 is 10.4 Å². The zero-order chi connectivity index (χ0) is 17.6. The molecule has 2 aromatic heterocycles. The molecule has 3 rings (SSSR count). The number of nitrogens with zero attached hydrogens (tertiary/aromatic N) is 3. The fraction of sp³-hybridized carbons (Fsp3) is 0.222. The van der Waals surface area contributed by atoms with Crippen LogP contribution in [-0.2, 0) is 0 Å². The lowest BCUT2D eigenvalue weighted by Gasteiger charge is -2.29. The van der Waals surface area contributed by atoms with Crippen LogP contribution in [0.4, 0.5) is 11.5 Å². The van der Waals surface area contributed by atoms with Gasteiger partial charge in [-0.25, -0.2) is 9.97 Å². The highest BCUT2D eigenvalue weighted by molar-refractivity contribution is 9.10. The van der Waals surface area contributed by atoms with Crippen LogP contribution in [0.15, 0.2) is 46.7 Å². The fourth-order valence-electron chi connectivity index (χ4n) is 2.65. The van der Waals surface area contributed by atoms with E-state index in [1.165, 1.54) is 5.57 Å². The SMILES string of the molecule is O.[O-][NH2+]c1cccnc1N1CCC(=CC#Cc2ccnc(Cl)c2Br)CC1. The summed E-state index contributed by atoms with van der Waals surface area (Å²) >= 11 is 9.36. The van der Waals surface area contributed by atoms with Crippen molar-refractivity contribution in [1.82, 2.24) is 9.97 Å². The molecule has 0 saturated carbocycles. The maximum Gasteiger partial charge on any atom is 0.191 e. The van der Waals surface area contributed by atoms with Crippen LogP contribution in [0.5, 0.6) is 0 Å². The Balaban J connectivity index is 0.00000243. The average Bonchev–Trinajstić information content (AvgIpc) is 2.66. The molecule has 1 aliphatic rings. The van der Waals surface area contributed by atoms with Crippen molar-refractivity contribution in [3.63, 3.8) is 0 Å². The van der Waals surface area contributed by atoms with Crippen LogP contribution in [0.25, 0.3) is 0 Å². The number of hydrogen-bond donors (Lipinski definition) is 1. The lowest BCUT2D eigenvalue weighted by Crippen LogP contribution is -2.70. The summed E-state index contributed by atoms with van der Waals surface area (Å²) in [6, 6.07) is 5.40. The van der Waals surface area contributed by atoms with Gasteiger partial charge in [0.05, 0.1) is 4.47 Å². The van der Waals surface area contributed by atoms with E-state index in [9.17, 15) is 5.21 Å². The summed E-state index contributed by atoms with van der Waals surface area (Å²) in [5.41, 5.74) is 3.60. The second-order valence-corrected chi connectivity index (χ2v) is 6.71. The van der Waals surface area contributed by atoms with Crippen molar-refractivity contribution in [2.45, 2.75) is 12.8 Å². The maximum absolute atomic E-state index is 11.1. The smallest absolute Gasteiger partial charge is 0.191 e. The van der Waals surface area contributed by atoms with Gasteiger partial charge in [-0.05, 0) is 47.0 Å². The maximum atomic E-state index is 11.1. The summed E-state index contributed by atoms with van der Waals surface area (Å²) in [6.45, 7) is 1.66. The van der Waals surface area contributed by atoms with Gasteiger partial charge in [0.15, 0.2) is 11.5 Å². The predicted octanol–water partition coefficient (Wildman–Crippen LogP) is 2.34. The number of hydrogen-bond acceptors (Lipinski definition) is 4. The van der Waals surface area contributed by atoms with Crippen molar-refractivity contribution >= 4 is 39.0 Å². The zero-order valence-electron chi connectivity index (χ0n) is 13.9.